The standard InChI is InChI=1S/C21H26N2O2S/c24-20(19-7-3-5-17-4-1-2-6-18(17)19)22-16-21(8-14-26-15-9-21)23-10-12-25-13-11-23/h1-7H,8-16H2,(H,22,24). The van der Waals surface area contributed by atoms with Gasteiger partial charge in [-0.25, -0.2) is 0 Å². The summed E-state index contributed by atoms with van der Waals surface area (Å²) >= 11 is 2.02. The molecule has 1 amide bonds. The number of fused-ring (bicyclic) bond motifs is 1. The lowest BCUT2D eigenvalue weighted by atomic mass is 9.89. The number of carbonyl (C=O) groups excluding carboxylic acids is 1. The molecule has 2 fully saturated rings. The van der Waals surface area contributed by atoms with Crippen LogP contribution in [0.5, 0.6) is 0 Å². The summed E-state index contributed by atoms with van der Waals surface area (Å²) in [7, 11) is 0. The van der Waals surface area contributed by atoms with Gasteiger partial charge in [-0.05, 0) is 41.2 Å². The van der Waals surface area contributed by atoms with Gasteiger partial charge in [0.25, 0.3) is 5.91 Å². The fraction of sp³-hybridized carbons (Fsp3) is 0.476. The highest BCUT2D eigenvalue weighted by molar-refractivity contribution is 7.99. The van der Waals surface area contributed by atoms with Gasteiger partial charge in [-0.15, -0.1) is 0 Å². The summed E-state index contributed by atoms with van der Waals surface area (Å²) in [6.07, 6.45) is 2.26. The Labute approximate surface area is 159 Å². The Hall–Kier alpha value is -1.56. The van der Waals surface area contributed by atoms with E-state index in [1.165, 1.54) is 11.5 Å². The second kappa shape index (κ2) is 7.99. The second-order valence-electron chi connectivity index (χ2n) is 7.15. The first kappa shape index (κ1) is 17.8. The van der Waals surface area contributed by atoms with Gasteiger partial charge in [0.1, 0.15) is 0 Å². The number of nitrogens with zero attached hydrogens (tertiary/aromatic N) is 1. The molecule has 0 atom stereocenters. The van der Waals surface area contributed by atoms with Crippen LogP contribution in [0.2, 0.25) is 0 Å². The molecule has 4 nitrogen and oxygen atoms in total. The second-order valence-corrected chi connectivity index (χ2v) is 8.37. The van der Waals surface area contributed by atoms with Crippen molar-refractivity contribution in [1.82, 2.24) is 10.2 Å². The van der Waals surface area contributed by atoms with Crippen LogP contribution in [0.3, 0.4) is 0 Å². The molecule has 26 heavy (non-hydrogen) atoms. The van der Waals surface area contributed by atoms with Crippen LogP contribution in [0.1, 0.15) is 23.2 Å². The predicted octanol–water partition coefficient (Wildman–Crippen LogP) is 3.17. The van der Waals surface area contributed by atoms with Crippen molar-refractivity contribution < 1.29 is 9.53 Å². The summed E-state index contributed by atoms with van der Waals surface area (Å²) in [6, 6.07) is 14.0. The third kappa shape index (κ3) is 3.61. The maximum Gasteiger partial charge on any atom is 0.251 e. The molecule has 2 aromatic rings. The molecule has 2 aliphatic heterocycles. The van der Waals surface area contributed by atoms with Crippen LogP contribution >= 0.6 is 11.8 Å². The third-order valence-corrected chi connectivity index (χ3v) is 6.70. The fourth-order valence-electron chi connectivity index (χ4n) is 4.16. The van der Waals surface area contributed by atoms with Gasteiger partial charge in [-0.2, -0.15) is 11.8 Å². The van der Waals surface area contributed by atoms with E-state index in [9.17, 15) is 4.79 Å². The van der Waals surface area contributed by atoms with E-state index in [0.29, 0.717) is 0 Å². The van der Waals surface area contributed by atoms with Crippen LogP contribution in [0, 0.1) is 0 Å². The van der Waals surface area contributed by atoms with Crippen molar-refractivity contribution in [3.05, 3.63) is 48.0 Å². The Morgan fingerprint density at radius 2 is 1.81 bits per heavy atom. The molecule has 138 valence electrons. The molecule has 0 spiro atoms. The number of benzene rings is 2. The first-order chi connectivity index (χ1) is 12.8. The van der Waals surface area contributed by atoms with Gasteiger partial charge >= 0.3 is 0 Å². The molecule has 2 aromatic carbocycles. The van der Waals surface area contributed by atoms with Crippen molar-refractivity contribution in [3.63, 3.8) is 0 Å². The third-order valence-electron chi connectivity index (χ3n) is 5.72. The number of nitrogens with one attached hydrogen (secondary N) is 1. The van der Waals surface area contributed by atoms with E-state index in [0.717, 1.165) is 62.0 Å². The molecule has 4 rings (SSSR count). The van der Waals surface area contributed by atoms with Crippen molar-refractivity contribution in [2.45, 2.75) is 18.4 Å². The van der Waals surface area contributed by atoms with Crippen molar-refractivity contribution >= 4 is 28.4 Å². The van der Waals surface area contributed by atoms with Crippen LogP contribution < -0.4 is 5.32 Å². The minimum Gasteiger partial charge on any atom is -0.379 e. The van der Waals surface area contributed by atoms with E-state index in [4.69, 9.17) is 4.74 Å². The molecule has 0 radical (unpaired) electrons. The van der Waals surface area contributed by atoms with Crippen LogP contribution in [0.25, 0.3) is 10.8 Å². The van der Waals surface area contributed by atoms with Crippen LogP contribution in [0.4, 0.5) is 0 Å². The lowest BCUT2D eigenvalue weighted by Gasteiger charge is -2.48. The summed E-state index contributed by atoms with van der Waals surface area (Å²) in [6.45, 7) is 4.25. The molecule has 0 unspecified atom stereocenters. The summed E-state index contributed by atoms with van der Waals surface area (Å²) in [5, 5.41) is 5.40. The Morgan fingerprint density at radius 3 is 2.62 bits per heavy atom. The predicted molar refractivity (Wildman–Crippen MR) is 108 cm³/mol. The quantitative estimate of drug-likeness (QED) is 0.898. The molecule has 5 heteroatoms. The molecule has 2 heterocycles. The molecule has 2 saturated heterocycles. The van der Waals surface area contributed by atoms with Crippen LogP contribution in [-0.2, 0) is 4.74 Å². The average Bonchev–Trinajstić information content (AvgIpc) is 2.73. The van der Waals surface area contributed by atoms with Crippen molar-refractivity contribution in [1.29, 1.82) is 0 Å². The maximum absolute atomic E-state index is 13.0. The Kier molecular flexibility index (Phi) is 5.48. The number of amides is 1. The maximum atomic E-state index is 13.0. The molecule has 0 saturated carbocycles. The molecule has 2 aliphatic rings. The fourth-order valence-corrected chi connectivity index (χ4v) is 5.41. The summed E-state index contributed by atoms with van der Waals surface area (Å²) in [5.74, 6) is 2.37. The monoisotopic (exact) mass is 370 g/mol. The first-order valence-corrected chi connectivity index (χ1v) is 10.6. The topological polar surface area (TPSA) is 41.6 Å². The van der Waals surface area contributed by atoms with E-state index in [2.05, 4.69) is 22.3 Å². The van der Waals surface area contributed by atoms with E-state index in [1.807, 2.05) is 42.1 Å². The summed E-state index contributed by atoms with van der Waals surface area (Å²) in [5.41, 5.74) is 0.848. The lowest BCUT2D eigenvalue weighted by molar-refractivity contribution is -0.0255. The lowest BCUT2D eigenvalue weighted by Crippen LogP contribution is -2.60. The number of morpholine rings is 1. The van der Waals surface area contributed by atoms with Crippen LogP contribution in [0.15, 0.2) is 42.5 Å². The zero-order valence-corrected chi connectivity index (χ0v) is 15.9. The number of hydrogen-bond donors (Lipinski definition) is 1. The average molecular weight is 371 g/mol. The van der Waals surface area contributed by atoms with E-state index < -0.39 is 0 Å². The van der Waals surface area contributed by atoms with Crippen molar-refractivity contribution in [3.8, 4) is 0 Å². The summed E-state index contributed by atoms with van der Waals surface area (Å²) < 4.78 is 5.54. The highest BCUT2D eigenvalue weighted by Crippen LogP contribution is 2.33. The van der Waals surface area contributed by atoms with Gasteiger partial charge < -0.3 is 10.1 Å². The normalized spacial score (nSPS) is 20.8. The van der Waals surface area contributed by atoms with Gasteiger partial charge in [0.05, 0.1) is 13.2 Å². The van der Waals surface area contributed by atoms with Gasteiger partial charge in [0.15, 0.2) is 0 Å². The number of thioether (sulfide) groups is 1. The SMILES string of the molecule is O=C(NCC1(N2CCOCC2)CCSCC1)c1cccc2ccccc12. The zero-order chi connectivity index (χ0) is 17.8. The van der Waals surface area contributed by atoms with Gasteiger partial charge in [0, 0.05) is 30.7 Å². The molecule has 0 aromatic heterocycles. The molecular formula is C21H26N2O2S. The van der Waals surface area contributed by atoms with Gasteiger partial charge in [-0.3, -0.25) is 9.69 Å². The number of ether oxygens (including phenoxy) is 1. The Bertz CT molecular complexity index is 762. The Morgan fingerprint density at radius 1 is 1.08 bits per heavy atom. The highest BCUT2D eigenvalue weighted by atomic mass is 32.2. The highest BCUT2D eigenvalue weighted by Gasteiger charge is 2.39. The number of carbonyl (C=O) groups is 1. The van der Waals surface area contributed by atoms with Crippen molar-refractivity contribution in [2.75, 3.05) is 44.4 Å². The molecule has 1 N–H and O–H groups in total. The minimum absolute atomic E-state index is 0.0349. The zero-order valence-electron chi connectivity index (χ0n) is 15.1. The number of hydrogen-bond acceptors (Lipinski definition) is 4. The van der Waals surface area contributed by atoms with Crippen LogP contribution in [-0.4, -0.2) is 60.7 Å². The van der Waals surface area contributed by atoms with E-state index in [1.54, 1.807) is 0 Å². The Balaban J connectivity index is 1.52. The van der Waals surface area contributed by atoms with Crippen molar-refractivity contribution in [2.24, 2.45) is 0 Å². The first-order valence-electron chi connectivity index (χ1n) is 9.45. The summed E-state index contributed by atoms with van der Waals surface area (Å²) in [4.78, 5) is 15.5. The number of rotatable bonds is 4. The minimum atomic E-state index is 0.0349. The van der Waals surface area contributed by atoms with E-state index in [-0.39, 0.29) is 11.4 Å². The van der Waals surface area contributed by atoms with Gasteiger partial charge in [0.2, 0.25) is 0 Å². The molecular weight excluding hydrogens is 344 g/mol. The molecule has 0 aliphatic carbocycles. The van der Waals surface area contributed by atoms with E-state index >= 15 is 0 Å². The van der Waals surface area contributed by atoms with Gasteiger partial charge in [-0.1, -0.05) is 36.4 Å². The largest absolute Gasteiger partial charge is 0.379 e. The smallest absolute Gasteiger partial charge is 0.251 e. The molecule has 0 bridgehead atoms.